The Morgan fingerprint density at radius 1 is 1.14 bits per heavy atom. The van der Waals surface area contributed by atoms with Crippen LogP contribution in [0.25, 0.3) is 0 Å². The van der Waals surface area contributed by atoms with Crippen LogP contribution in [0.5, 0.6) is 5.75 Å². The maximum atomic E-state index is 12.4. The topological polar surface area (TPSA) is 38.3 Å². The molecule has 0 aromatic heterocycles. The fourth-order valence-electron chi connectivity index (χ4n) is 2.60. The molecule has 1 N–H and O–H groups in total. The quantitative estimate of drug-likeness (QED) is 0.898. The van der Waals surface area contributed by atoms with Crippen molar-refractivity contribution in [2.24, 2.45) is 0 Å². The summed E-state index contributed by atoms with van der Waals surface area (Å²) in [7, 11) is 1.61. The van der Waals surface area contributed by atoms with Crippen LogP contribution in [0.15, 0.2) is 42.5 Å². The Morgan fingerprint density at radius 2 is 1.82 bits per heavy atom. The van der Waals surface area contributed by atoms with Crippen LogP contribution < -0.4 is 10.1 Å². The molecule has 3 heteroatoms. The van der Waals surface area contributed by atoms with Crippen molar-refractivity contribution in [3.8, 4) is 5.75 Å². The first kappa shape index (κ1) is 16.1. The molecule has 3 nitrogen and oxygen atoms in total. The highest BCUT2D eigenvalue weighted by Crippen LogP contribution is 2.22. The summed E-state index contributed by atoms with van der Waals surface area (Å²) in [6, 6.07) is 13.5. The number of amides is 1. The Bertz CT molecular complexity index is 647. The van der Waals surface area contributed by atoms with Gasteiger partial charge in [-0.15, -0.1) is 0 Å². The third-order valence-corrected chi connectivity index (χ3v) is 3.87. The maximum absolute atomic E-state index is 12.4. The number of methoxy groups -OCH3 is 1. The minimum Gasteiger partial charge on any atom is -0.497 e. The first-order valence-corrected chi connectivity index (χ1v) is 7.57. The van der Waals surface area contributed by atoms with Gasteiger partial charge in [-0.2, -0.15) is 0 Å². The second-order valence-electron chi connectivity index (χ2n) is 5.52. The molecule has 0 bridgehead atoms. The minimum atomic E-state index is -0.0607. The second-order valence-corrected chi connectivity index (χ2v) is 5.52. The third-order valence-electron chi connectivity index (χ3n) is 3.87. The lowest BCUT2D eigenvalue weighted by atomic mass is 9.97. The minimum absolute atomic E-state index is 0.0233. The van der Waals surface area contributed by atoms with Crippen LogP contribution in [0.4, 0.5) is 0 Å². The van der Waals surface area contributed by atoms with Gasteiger partial charge in [0.2, 0.25) is 0 Å². The number of aryl methyl sites for hydroxylation is 2. The van der Waals surface area contributed by atoms with Gasteiger partial charge in [0.15, 0.2) is 0 Å². The van der Waals surface area contributed by atoms with Crippen molar-refractivity contribution >= 4 is 5.91 Å². The van der Waals surface area contributed by atoms with Gasteiger partial charge in [-0.3, -0.25) is 4.79 Å². The molecule has 0 radical (unpaired) electrons. The van der Waals surface area contributed by atoms with Crippen molar-refractivity contribution in [1.29, 1.82) is 0 Å². The van der Waals surface area contributed by atoms with E-state index in [0.717, 1.165) is 12.2 Å². The number of carbonyl (C=O) groups is 1. The Labute approximate surface area is 132 Å². The molecule has 22 heavy (non-hydrogen) atoms. The number of carbonyl (C=O) groups excluding carboxylic acids is 1. The number of hydrogen-bond acceptors (Lipinski definition) is 2. The van der Waals surface area contributed by atoms with Gasteiger partial charge < -0.3 is 10.1 Å². The molecule has 0 aliphatic carbocycles. The van der Waals surface area contributed by atoms with Gasteiger partial charge in [-0.25, -0.2) is 0 Å². The standard InChI is InChI=1S/C19H23NO2/c1-5-18(17-11-6-13(2)12-14(17)3)20-19(21)15-7-9-16(22-4)10-8-15/h6-12,18H,5H2,1-4H3,(H,20,21)/t18-/m1/s1. The second kappa shape index (κ2) is 7.12. The van der Waals surface area contributed by atoms with E-state index in [1.165, 1.54) is 16.7 Å². The molecule has 0 fully saturated rings. The van der Waals surface area contributed by atoms with Crippen LogP contribution in [0, 0.1) is 13.8 Å². The molecule has 2 rings (SSSR count). The Kier molecular flexibility index (Phi) is 5.21. The van der Waals surface area contributed by atoms with Crippen LogP contribution in [0.1, 0.15) is 46.4 Å². The van der Waals surface area contributed by atoms with Gasteiger partial charge in [0, 0.05) is 5.56 Å². The van der Waals surface area contributed by atoms with E-state index in [9.17, 15) is 4.79 Å². The summed E-state index contributed by atoms with van der Waals surface area (Å²) in [5.41, 5.74) is 4.26. The fourth-order valence-corrected chi connectivity index (χ4v) is 2.60. The van der Waals surface area contributed by atoms with E-state index in [1.54, 1.807) is 31.4 Å². The summed E-state index contributed by atoms with van der Waals surface area (Å²) in [5.74, 6) is 0.687. The van der Waals surface area contributed by atoms with Crippen molar-refractivity contribution in [3.63, 3.8) is 0 Å². The molecule has 0 unspecified atom stereocenters. The van der Waals surface area contributed by atoms with Crippen LogP contribution in [-0.2, 0) is 0 Å². The van der Waals surface area contributed by atoms with Crippen molar-refractivity contribution in [2.45, 2.75) is 33.2 Å². The zero-order valence-corrected chi connectivity index (χ0v) is 13.6. The van der Waals surface area contributed by atoms with Gasteiger partial charge in [0.1, 0.15) is 5.75 Å². The molecular formula is C19H23NO2. The Balaban J connectivity index is 2.16. The van der Waals surface area contributed by atoms with Crippen molar-refractivity contribution in [3.05, 3.63) is 64.7 Å². The molecule has 0 heterocycles. The predicted molar refractivity (Wildman–Crippen MR) is 89.4 cm³/mol. The van der Waals surface area contributed by atoms with Crippen LogP contribution in [-0.4, -0.2) is 13.0 Å². The molecular weight excluding hydrogens is 274 g/mol. The summed E-state index contributed by atoms with van der Waals surface area (Å²) in [4.78, 5) is 12.4. The number of rotatable bonds is 5. The average Bonchev–Trinajstić information content (AvgIpc) is 2.53. The molecule has 116 valence electrons. The number of nitrogens with one attached hydrogen (secondary N) is 1. The smallest absolute Gasteiger partial charge is 0.251 e. The monoisotopic (exact) mass is 297 g/mol. The van der Waals surface area contributed by atoms with Crippen molar-refractivity contribution < 1.29 is 9.53 Å². The Morgan fingerprint density at radius 3 is 2.36 bits per heavy atom. The number of hydrogen-bond donors (Lipinski definition) is 1. The maximum Gasteiger partial charge on any atom is 0.251 e. The predicted octanol–water partition coefficient (Wildman–Crippen LogP) is 4.19. The molecule has 1 atom stereocenters. The van der Waals surface area contributed by atoms with Crippen LogP contribution in [0.2, 0.25) is 0 Å². The van der Waals surface area contributed by atoms with Gasteiger partial charge in [-0.1, -0.05) is 30.7 Å². The van der Waals surface area contributed by atoms with E-state index >= 15 is 0 Å². The average molecular weight is 297 g/mol. The summed E-state index contributed by atoms with van der Waals surface area (Å²) >= 11 is 0. The van der Waals surface area contributed by atoms with Gasteiger partial charge in [0.25, 0.3) is 5.91 Å². The summed E-state index contributed by atoms with van der Waals surface area (Å²) in [5, 5.41) is 3.12. The molecule has 0 saturated heterocycles. The van der Waals surface area contributed by atoms with Crippen molar-refractivity contribution in [1.82, 2.24) is 5.32 Å². The highest BCUT2D eigenvalue weighted by molar-refractivity contribution is 5.94. The zero-order valence-electron chi connectivity index (χ0n) is 13.6. The third kappa shape index (κ3) is 3.67. The van der Waals surface area contributed by atoms with E-state index in [4.69, 9.17) is 4.74 Å². The normalized spacial score (nSPS) is 11.8. The van der Waals surface area contributed by atoms with Crippen LogP contribution >= 0.6 is 0 Å². The molecule has 0 spiro atoms. The summed E-state index contributed by atoms with van der Waals surface area (Å²) in [6.07, 6.45) is 0.853. The molecule has 0 saturated carbocycles. The number of ether oxygens (including phenoxy) is 1. The number of benzene rings is 2. The van der Waals surface area contributed by atoms with Gasteiger partial charge in [0.05, 0.1) is 13.2 Å². The van der Waals surface area contributed by atoms with Crippen molar-refractivity contribution in [2.75, 3.05) is 7.11 Å². The highest BCUT2D eigenvalue weighted by Gasteiger charge is 2.16. The van der Waals surface area contributed by atoms with E-state index in [2.05, 4.69) is 44.3 Å². The molecule has 1 amide bonds. The fraction of sp³-hybridized carbons (Fsp3) is 0.316. The molecule has 0 aliphatic rings. The SMILES string of the molecule is CC[C@@H](NC(=O)c1ccc(OC)cc1)c1ccc(C)cc1C. The lowest BCUT2D eigenvalue weighted by Crippen LogP contribution is -2.28. The first-order valence-electron chi connectivity index (χ1n) is 7.57. The van der Waals surface area contributed by atoms with Gasteiger partial charge in [-0.05, 0) is 55.7 Å². The lowest BCUT2D eigenvalue weighted by Gasteiger charge is -2.20. The highest BCUT2D eigenvalue weighted by atomic mass is 16.5. The Hall–Kier alpha value is -2.29. The molecule has 0 aliphatic heterocycles. The summed E-state index contributed by atoms with van der Waals surface area (Å²) < 4.78 is 5.12. The first-order chi connectivity index (χ1) is 10.5. The van der Waals surface area contributed by atoms with Gasteiger partial charge >= 0.3 is 0 Å². The van der Waals surface area contributed by atoms with Crippen LogP contribution in [0.3, 0.4) is 0 Å². The van der Waals surface area contributed by atoms with E-state index in [1.807, 2.05) is 0 Å². The molecule has 2 aromatic carbocycles. The summed E-state index contributed by atoms with van der Waals surface area (Å²) in [6.45, 7) is 6.25. The van der Waals surface area contributed by atoms with E-state index in [-0.39, 0.29) is 11.9 Å². The molecule has 2 aromatic rings. The zero-order chi connectivity index (χ0) is 16.1. The van der Waals surface area contributed by atoms with E-state index < -0.39 is 0 Å². The van der Waals surface area contributed by atoms with E-state index in [0.29, 0.717) is 5.56 Å². The largest absolute Gasteiger partial charge is 0.497 e. The lowest BCUT2D eigenvalue weighted by molar-refractivity contribution is 0.0935.